The molecule has 0 aliphatic heterocycles. The molecule has 0 aliphatic carbocycles. The van der Waals surface area contributed by atoms with E-state index in [1.54, 1.807) is 6.20 Å². The first-order chi connectivity index (χ1) is 10.6. The first-order valence-electron chi connectivity index (χ1n) is 7.73. The van der Waals surface area contributed by atoms with Crippen molar-refractivity contribution in [1.29, 1.82) is 0 Å². The molecule has 1 heterocycles. The normalized spacial score (nSPS) is 12.4. The zero-order chi connectivity index (χ0) is 15.9. The highest BCUT2D eigenvalue weighted by Crippen LogP contribution is 2.25. The minimum atomic E-state index is 0.0970. The van der Waals surface area contributed by atoms with Gasteiger partial charge >= 0.3 is 0 Å². The maximum absolute atomic E-state index is 11.8. The van der Waals surface area contributed by atoms with Crippen LogP contribution in [0.1, 0.15) is 54.9 Å². The van der Waals surface area contributed by atoms with E-state index in [1.165, 1.54) is 16.9 Å². The van der Waals surface area contributed by atoms with Gasteiger partial charge in [-0.2, -0.15) is 0 Å². The number of aromatic nitrogens is 1. The lowest BCUT2D eigenvalue weighted by Crippen LogP contribution is -2.04. The maximum atomic E-state index is 11.8. The van der Waals surface area contributed by atoms with Crippen molar-refractivity contribution in [2.75, 3.05) is 6.61 Å². The average molecular weight is 317 g/mol. The van der Waals surface area contributed by atoms with Crippen LogP contribution in [0.15, 0.2) is 35.8 Å². The van der Waals surface area contributed by atoms with Gasteiger partial charge in [-0.25, -0.2) is 4.98 Å². The number of ketones is 1. The number of hydrogen-bond acceptors (Lipinski definition) is 4. The van der Waals surface area contributed by atoms with E-state index in [2.05, 4.69) is 37.9 Å². The summed E-state index contributed by atoms with van der Waals surface area (Å²) >= 11 is 1.39. The minimum Gasteiger partial charge on any atom is -0.494 e. The van der Waals surface area contributed by atoms with E-state index in [0.29, 0.717) is 36.3 Å². The highest BCUT2D eigenvalue weighted by Gasteiger charge is 2.10. The SMILES string of the molecule is CC(C)C(C)c1ccc(OCCCC(=O)c2nccs2)cc1. The molecule has 0 fully saturated rings. The number of benzene rings is 1. The number of rotatable bonds is 8. The molecule has 3 nitrogen and oxygen atoms in total. The van der Waals surface area contributed by atoms with E-state index >= 15 is 0 Å². The molecular formula is C18H23NO2S. The maximum Gasteiger partial charge on any atom is 0.191 e. The number of carbonyl (C=O) groups is 1. The molecule has 118 valence electrons. The Balaban J connectivity index is 1.74. The molecule has 1 aromatic heterocycles. The molecule has 0 radical (unpaired) electrons. The summed E-state index contributed by atoms with van der Waals surface area (Å²) in [6.45, 7) is 7.25. The van der Waals surface area contributed by atoms with Gasteiger partial charge in [-0.05, 0) is 36.0 Å². The Hall–Kier alpha value is -1.68. The molecule has 0 saturated carbocycles. The predicted octanol–water partition coefficient (Wildman–Crippen LogP) is 4.94. The molecule has 0 N–H and O–H groups in total. The molecule has 0 bridgehead atoms. The van der Waals surface area contributed by atoms with Crippen LogP contribution in [-0.4, -0.2) is 17.4 Å². The van der Waals surface area contributed by atoms with Gasteiger partial charge < -0.3 is 4.74 Å². The van der Waals surface area contributed by atoms with Crippen molar-refractivity contribution in [3.63, 3.8) is 0 Å². The largest absolute Gasteiger partial charge is 0.494 e. The molecule has 2 rings (SSSR count). The molecule has 1 atom stereocenters. The summed E-state index contributed by atoms with van der Waals surface area (Å²) in [5.74, 6) is 2.13. The fourth-order valence-electron chi connectivity index (χ4n) is 2.14. The van der Waals surface area contributed by atoms with E-state index in [0.717, 1.165) is 5.75 Å². The lowest BCUT2D eigenvalue weighted by molar-refractivity contribution is 0.0973. The van der Waals surface area contributed by atoms with Crippen molar-refractivity contribution in [1.82, 2.24) is 4.98 Å². The Morgan fingerprint density at radius 1 is 1.23 bits per heavy atom. The van der Waals surface area contributed by atoms with Gasteiger partial charge in [0, 0.05) is 18.0 Å². The van der Waals surface area contributed by atoms with Crippen molar-refractivity contribution < 1.29 is 9.53 Å². The zero-order valence-electron chi connectivity index (χ0n) is 13.4. The first kappa shape index (κ1) is 16.7. The van der Waals surface area contributed by atoms with Crippen LogP contribution in [0.2, 0.25) is 0 Å². The van der Waals surface area contributed by atoms with Gasteiger partial charge in [0.1, 0.15) is 5.75 Å². The summed E-state index contributed by atoms with van der Waals surface area (Å²) in [6.07, 6.45) is 2.85. The van der Waals surface area contributed by atoms with Gasteiger partial charge in [0.15, 0.2) is 10.8 Å². The van der Waals surface area contributed by atoms with Gasteiger partial charge in [-0.3, -0.25) is 4.79 Å². The Kier molecular flexibility index (Phi) is 6.13. The van der Waals surface area contributed by atoms with Crippen LogP contribution >= 0.6 is 11.3 Å². The third kappa shape index (κ3) is 4.67. The van der Waals surface area contributed by atoms with Gasteiger partial charge in [0.05, 0.1) is 6.61 Å². The highest BCUT2D eigenvalue weighted by molar-refractivity contribution is 7.11. The second kappa shape index (κ2) is 8.08. The number of hydrogen-bond donors (Lipinski definition) is 0. The number of Topliss-reactive ketones (excluding diaryl/α,β-unsaturated/α-hetero) is 1. The Morgan fingerprint density at radius 3 is 2.55 bits per heavy atom. The molecule has 22 heavy (non-hydrogen) atoms. The van der Waals surface area contributed by atoms with Crippen LogP contribution < -0.4 is 4.74 Å². The fraction of sp³-hybridized carbons (Fsp3) is 0.444. The molecule has 0 amide bonds. The molecule has 4 heteroatoms. The summed E-state index contributed by atoms with van der Waals surface area (Å²) < 4.78 is 5.70. The lowest BCUT2D eigenvalue weighted by Gasteiger charge is -2.16. The van der Waals surface area contributed by atoms with Crippen LogP contribution in [0.4, 0.5) is 0 Å². The molecule has 0 aliphatic rings. The van der Waals surface area contributed by atoms with E-state index in [-0.39, 0.29) is 5.78 Å². The van der Waals surface area contributed by atoms with Gasteiger partial charge in [-0.15, -0.1) is 11.3 Å². The van der Waals surface area contributed by atoms with Crippen LogP contribution in [0.5, 0.6) is 5.75 Å². The second-order valence-electron chi connectivity index (χ2n) is 5.81. The Morgan fingerprint density at radius 2 is 1.95 bits per heavy atom. The monoisotopic (exact) mass is 317 g/mol. The lowest BCUT2D eigenvalue weighted by atomic mass is 9.90. The van der Waals surface area contributed by atoms with Gasteiger partial charge in [0.25, 0.3) is 0 Å². The van der Waals surface area contributed by atoms with Crippen LogP contribution in [0.3, 0.4) is 0 Å². The van der Waals surface area contributed by atoms with Crippen molar-refractivity contribution in [3.05, 3.63) is 46.4 Å². The predicted molar refractivity (Wildman–Crippen MR) is 90.9 cm³/mol. The zero-order valence-corrected chi connectivity index (χ0v) is 14.2. The molecule has 0 spiro atoms. The third-order valence-electron chi connectivity index (χ3n) is 3.89. The summed E-state index contributed by atoms with van der Waals surface area (Å²) in [4.78, 5) is 15.8. The fourth-order valence-corrected chi connectivity index (χ4v) is 2.75. The molecule has 2 aromatic rings. The van der Waals surface area contributed by atoms with Gasteiger partial charge in [0.2, 0.25) is 0 Å². The summed E-state index contributed by atoms with van der Waals surface area (Å²) in [7, 11) is 0. The number of nitrogens with zero attached hydrogens (tertiary/aromatic N) is 1. The van der Waals surface area contributed by atoms with Crippen molar-refractivity contribution in [2.45, 2.75) is 39.5 Å². The van der Waals surface area contributed by atoms with Gasteiger partial charge in [-0.1, -0.05) is 32.9 Å². The van der Waals surface area contributed by atoms with Crippen LogP contribution in [0.25, 0.3) is 0 Å². The Bertz CT molecular complexity index is 576. The third-order valence-corrected chi connectivity index (χ3v) is 4.71. The van der Waals surface area contributed by atoms with Crippen molar-refractivity contribution >= 4 is 17.1 Å². The van der Waals surface area contributed by atoms with Crippen LogP contribution in [0, 0.1) is 5.92 Å². The average Bonchev–Trinajstić information content (AvgIpc) is 3.05. The van der Waals surface area contributed by atoms with Crippen molar-refractivity contribution in [2.24, 2.45) is 5.92 Å². The first-order valence-corrected chi connectivity index (χ1v) is 8.61. The topological polar surface area (TPSA) is 39.2 Å². The van der Waals surface area contributed by atoms with E-state index in [4.69, 9.17) is 4.74 Å². The summed E-state index contributed by atoms with van der Waals surface area (Å²) in [5, 5.41) is 2.41. The quantitative estimate of drug-likeness (QED) is 0.511. The van der Waals surface area contributed by atoms with E-state index < -0.39 is 0 Å². The van der Waals surface area contributed by atoms with Crippen molar-refractivity contribution in [3.8, 4) is 5.75 Å². The van der Waals surface area contributed by atoms with E-state index in [9.17, 15) is 4.79 Å². The molecular weight excluding hydrogens is 294 g/mol. The summed E-state index contributed by atoms with van der Waals surface area (Å²) in [6, 6.07) is 8.27. The molecule has 1 unspecified atom stereocenters. The standard InChI is InChI=1S/C18H23NO2S/c1-13(2)14(3)15-6-8-16(9-7-15)21-11-4-5-17(20)18-19-10-12-22-18/h6-10,12-14H,4-5,11H2,1-3H3. The smallest absolute Gasteiger partial charge is 0.191 e. The molecule has 1 aromatic carbocycles. The number of thiazole rings is 1. The van der Waals surface area contributed by atoms with E-state index in [1.807, 2.05) is 17.5 Å². The second-order valence-corrected chi connectivity index (χ2v) is 6.71. The highest BCUT2D eigenvalue weighted by atomic mass is 32.1. The number of carbonyl (C=O) groups excluding carboxylic acids is 1. The molecule has 0 saturated heterocycles. The summed E-state index contributed by atoms with van der Waals surface area (Å²) in [5.41, 5.74) is 1.33. The number of ether oxygens (including phenoxy) is 1. The minimum absolute atomic E-state index is 0.0970. The van der Waals surface area contributed by atoms with Crippen LogP contribution in [-0.2, 0) is 0 Å². The Labute approximate surface area is 136 Å².